The van der Waals surface area contributed by atoms with Crippen molar-refractivity contribution in [1.29, 1.82) is 5.26 Å². The van der Waals surface area contributed by atoms with Crippen LogP contribution >= 0.6 is 11.6 Å². The Labute approximate surface area is 171 Å². The third kappa shape index (κ3) is 3.34. The van der Waals surface area contributed by atoms with Crippen LogP contribution < -0.4 is 21.3 Å². The zero-order valence-corrected chi connectivity index (χ0v) is 16.7. The van der Waals surface area contributed by atoms with E-state index in [4.69, 9.17) is 16.9 Å². The maximum Gasteiger partial charge on any atom is 0.274 e. The van der Waals surface area contributed by atoms with E-state index in [1.807, 2.05) is 6.07 Å². The Kier molecular flexibility index (Phi) is 4.76. The predicted molar refractivity (Wildman–Crippen MR) is 113 cm³/mol. The molecule has 4 rings (SSSR count). The minimum atomic E-state index is -0.447. The summed E-state index contributed by atoms with van der Waals surface area (Å²) in [4.78, 5) is 34.5. The van der Waals surface area contributed by atoms with E-state index in [0.29, 0.717) is 27.7 Å². The van der Waals surface area contributed by atoms with Gasteiger partial charge in [0.05, 0.1) is 11.1 Å². The van der Waals surface area contributed by atoms with E-state index < -0.39 is 6.04 Å². The molecule has 148 valence electrons. The average Bonchev–Trinajstić information content (AvgIpc) is 2.65. The normalized spacial score (nSPS) is 14.3. The van der Waals surface area contributed by atoms with Crippen LogP contribution in [0.15, 0.2) is 33.9 Å². The number of H-pyrrole nitrogens is 1. The maximum absolute atomic E-state index is 12.7. The van der Waals surface area contributed by atoms with Crippen LogP contribution in [0, 0.1) is 11.3 Å². The molecular weight excluding hydrogens is 392 g/mol. The minimum absolute atomic E-state index is 0.260. The van der Waals surface area contributed by atoms with Gasteiger partial charge in [-0.15, -0.1) is 0 Å². The molecular formula is C20H19ClN6O2. The second-order valence-electron chi connectivity index (χ2n) is 7.10. The molecule has 0 spiro atoms. The fraction of sp³-hybridized carbons (Fsp3) is 0.300. The van der Waals surface area contributed by atoms with E-state index in [-0.39, 0.29) is 16.8 Å². The van der Waals surface area contributed by atoms with E-state index >= 15 is 0 Å². The molecule has 4 heterocycles. The first-order chi connectivity index (χ1) is 13.9. The zero-order valence-electron chi connectivity index (χ0n) is 16.0. The van der Waals surface area contributed by atoms with Crippen LogP contribution in [0.5, 0.6) is 0 Å². The molecule has 3 aromatic heterocycles. The van der Waals surface area contributed by atoms with Gasteiger partial charge in [-0.25, -0.2) is 4.98 Å². The fourth-order valence-corrected chi connectivity index (χ4v) is 3.64. The molecule has 0 radical (unpaired) electrons. The minimum Gasteiger partial charge on any atom is -0.374 e. The molecule has 1 fully saturated rings. The van der Waals surface area contributed by atoms with Crippen molar-refractivity contribution in [3.05, 3.63) is 61.3 Å². The third-order valence-corrected chi connectivity index (χ3v) is 5.48. The second-order valence-corrected chi connectivity index (χ2v) is 7.51. The highest BCUT2D eigenvalue weighted by atomic mass is 35.5. The highest BCUT2D eigenvalue weighted by Gasteiger charge is 2.20. The highest BCUT2D eigenvalue weighted by molar-refractivity contribution is 6.33. The maximum atomic E-state index is 12.7. The summed E-state index contributed by atoms with van der Waals surface area (Å²) >= 11 is 6.40. The predicted octanol–water partition coefficient (Wildman–Crippen LogP) is 2.53. The lowest BCUT2D eigenvalue weighted by atomic mass is 10.1. The van der Waals surface area contributed by atoms with E-state index in [1.54, 1.807) is 31.2 Å². The number of hydrogen-bond donors (Lipinski definition) is 2. The van der Waals surface area contributed by atoms with Crippen molar-refractivity contribution in [1.82, 2.24) is 14.5 Å². The number of aromatic amines is 1. The molecule has 1 aliphatic heterocycles. The Hall–Kier alpha value is -3.31. The number of anilines is 2. The van der Waals surface area contributed by atoms with Crippen LogP contribution in [0.3, 0.4) is 0 Å². The van der Waals surface area contributed by atoms with E-state index in [0.717, 1.165) is 24.9 Å². The number of hydrogen-bond acceptors (Lipinski definition) is 6. The third-order valence-electron chi connectivity index (χ3n) is 5.21. The summed E-state index contributed by atoms with van der Waals surface area (Å²) in [5.41, 5.74) is 0.882. The van der Waals surface area contributed by atoms with Crippen molar-refractivity contribution < 1.29 is 0 Å². The summed E-state index contributed by atoms with van der Waals surface area (Å²) in [6.07, 6.45) is 1.10. The molecule has 1 saturated heterocycles. The number of rotatable bonds is 4. The number of nitrogens with one attached hydrogen (secondary N) is 2. The first-order valence-electron chi connectivity index (χ1n) is 9.24. The van der Waals surface area contributed by atoms with Gasteiger partial charge in [0.2, 0.25) is 0 Å². The fourth-order valence-electron chi connectivity index (χ4n) is 3.36. The Morgan fingerprint density at radius 1 is 1.31 bits per heavy atom. The van der Waals surface area contributed by atoms with Crippen molar-refractivity contribution in [2.75, 3.05) is 23.3 Å². The number of nitrogens with zero attached hydrogens (tertiary/aromatic N) is 4. The summed E-state index contributed by atoms with van der Waals surface area (Å²) in [5.74, 6) is 0.682. The summed E-state index contributed by atoms with van der Waals surface area (Å²) in [7, 11) is 1.53. The Morgan fingerprint density at radius 3 is 2.72 bits per heavy atom. The summed E-state index contributed by atoms with van der Waals surface area (Å²) in [6, 6.07) is 8.15. The number of halogens is 1. The van der Waals surface area contributed by atoms with Crippen molar-refractivity contribution in [3.8, 4) is 6.07 Å². The van der Waals surface area contributed by atoms with Gasteiger partial charge >= 0.3 is 0 Å². The lowest BCUT2D eigenvalue weighted by Crippen LogP contribution is -2.37. The standard InChI is InChI=1S/C20H19ClN6O2/c1-11(23-16-5-4-13(10-22)26(2)20(16)29)14-8-12-9-15(21)18(27-6-3-7-27)24-17(12)25-19(14)28/h4-5,8-9,11,23H,3,6-7H2,1-2H3,(H,24,25,28)/t11-/m0/s1. The van der Waals surface area contributed by atoms with Gasteiger partial charge in [0.25, 0.3) is 11.1 Å². The number of aromatic nitrogens is 3. The molecule has 2 N–H and O–H groups in total. The van der Waals surface area contributed by atoms with Crippen molar-refractivity contribution in [2.24, 2.45) is 7.05 Å². The van der Waals surface area contributed by atoms with Gasteiger partial charge in [0, 0.05) is 31.1 Å². The van der Waals surface area contributed by atoms with Crippen LogP contribution in [-0.4, -0.2) is 27.6 Å². The van der Waals surface area contributed by atoms with Gasteiger partial charge in [-0.2, -0.15) is 5.26 Å². The van der Waals surface area contributed by atoms with E-state index in [1.165, 1.54) is 11.6 Å². The molecule has 3 aromatic rings. The summed E-state index contributed by atoms with van der Waals surface area (Å²) in [5, 5.41) is 13.3. The molecule has 0 aromatic carbocycles. The van der Waals surface area contributed by atoms with Gasteiger partial charge in [-0.05, 0) is 37.6 Å². The highest BCUT2D eigenvalue weighted by Crippen LogP contribution is 2.30. The number of nitriles is 1. The smallest absolute Gasteiger partial charge is 0.274 e. The zero-order chi connectivity index (χ0) is 20.7. The Bertz CT molecular complexity index is 1270. The molecule has 0 aliphatic carbocycles. The first kappa shape index (κ1) is 19.0. The van der Waals surface area contributed by atoms with Crippen molar-refractivity contribution in [2.45, 2.75) is 19.4 Å². The average molecular weight is 411 g/mol. The van der Waals surface area contributed by atoms with Crippen LogP contribution in [0.4, 0.5) is 11.5 Å². The Balaban J connectivity index is 1.69. The van der Waals surface area contributed by atoms with Crippen molar-refractivity contribution in [3.63, 3.8) is 0 Å². The molecule has 29 heavy (non-hydrogen) atoms. The van der Waals surface area contributed by atoms with Gasteiger partial charge in [0.1, 0.15) is 28.9 Å². The van der Waals surface area contributed by atoms with Gasteiger partial charge in [-0.1, -0.05) is 11.6 Å². The van der Waals surface area contributed by atoms with Crippen LogP contribution in [0.25, 0.3) is 11.0 Å². The van der Waals surface area contributed by atoms with Crippen LogP contribution in [0.2, 0.25) is 5.02 Å². The molecule has 8 nitrogen and oxygen atoms in total. The van der Waals surface area contributed by atoms with Gasteiger partial charge < -0.3 is 19.8 Å². The monoisotopic (exact) mass is 410 g/mol. The van der Waals surface area contributed by atoms with Crippen LogP contribution in [0.1, 0.15) is 30.6 Å². The Morgan fingerprint density at radius 2 is 2.07 bits per heavy atom. The summed E-state index contributed by atoms with van der Waals surface area (Å²) < 4.78 is 1.26. The molecule has 0 bridgehead atoms. The summed E-state index contributed by atoms with van der Waals surface area (Å²) in [6.45, 7) is 3.60. The lowest BCUT2D eigenvalue weighted by molar-refractivity contribution is 0.610. The molecule has 0 saturated carbocycles. The largest absolute Gasteiger partial charge is 0.374 e. The number of fused-ring (bicyclic) bond motifs is 1. The van der Waals surface area contributed by atoms with Crippen molar-refractivity contribution >= 4 is 34.1 Å². The first-order valence-corrected chi connectivity index (χ1v) is 9.62. The SMILES string of the molecule is C[C@H](Nc1ccc(C#N)n(C)c1=O)c1cc2cc(Cl)c(N3CCC3)nc2[nH]c1=O. The second kappa shape index (κ2) is 7.26. The van der Waals surface area contributed by atoms with E-state index in [2.05, 4.69) is 20.2 Å². The molecule has 9 heteroatoms. The van der Waals surface area contributed by atoms with Gasteiger partial charge in [0.15, 0.2) is 0 Å². The number of pyridine rings is 3. The topological polar surface area (TPSA) is 107 Å². The molecule has 0 unspecified atom stereocenters. The molecule has 1 atom stereocenters. The van der Waals surface area contributed by atoms with Gasteiger partial charge in [-0.3, -0.25) is 9.59 Å². The van der Waals surface area contributed by atoms with Crippen LogP contribution in [-0.2, 0) is 7.05 Å². The molecule has 1 aliphatic rings. The van der Waals surface area contributed by atoms with E-state index in [9.17, 15) is 9.59 Å². The lowest BCUT2D eigenvalue weighted by Gasteiger charge is -2.32. The molecule has 0 amide bonds. The quantitative estimate of drug-likeness (QED) is 0.684.